The molecule has 1 aliphatic rings. The lowest BCUT2D eigenvalue weighted by atomic mass is 9.78. The number of ether oxygens (including phenoxy) is 1. The summed E-state index contributed by atoms with van der Waals surface area (Å²) < 4.78 is 17.9. The zero-order valence-electron chi connectivity index (χ0n) is 16.0. The van der Waals surface area contributed by atoms with Gasteiger partial charge in [-0.25, -0.2) is 0 Å². The van der Waals surface area contributed by atoms with Crippen LogP contribution in [0.25, 0.3) is 11.1 Å². The van der Waals surface area contributed by atoms with Gasteiger partial charge in [-0.05, 0) is 70.3 Å². The number of rotatable bonds is 4. The van der Waals surface area contributed by atoms with E-state index in [1.807, 2.05) is 26.0 Å². The third-order valence-corrected chi connectivity index (χ3v) is 5.00. The lowest BCUT2D eigenvalue weighted by Crippen LogP contribution is -2.41. The predicted octanol–water partition coefficient (Wildman–Crippen LogP) is 4.44. The van der Waals surface area contributed by atoms with Gasteiger partial charge in [-0.1, -0.05) is 36.4 Å². The van der Waals surface area contributed by atoms with Crippen LogP contribution in [-0.4, -0.2) is 24.4 Å². The molecule has 0 atom stereocenters. The van der Waals surface area contributed by atoms with Crippen LogP contribution in [0.2, 0.25) is 0 Å². The van der Waals surface area contributed by atoms with Gasteiger partial charge in [0.1, 0.15) is 5.75 Å². The number of hydrogen-bond acceptors (Lipinski definition) is 3. The van der Waals surface area contributed by atoms with E-state index in [0.29, 0.717) is 0 Å². The van der Waals surface area contributed by atoms with E-state index >= 15 is 0 Å². The Morgan fingerprint density at radius 2 is 1.20 bits per heavy atom. The quantitative estimate of drug-likeness (QED) is 0.772. The van der Waals surface area contributed by atoms with E-state index in [4.69, 9.17) is 14.0 Å². The average molecular weight is 338 g/mol. The van der Waals surface area contributed by atoms with Crippen molar-refractivity contribution in [2.24, 2.45) is 0 Å². The van der Waals surface area contributed by atoms with Crippen molar-refractivity contribution >= 4 is 12.6 Å². The van der Waals surface area contributed by atoms with E-state index in [0.717, 1.165) is 22.3 Å². The molecule has 0 spiro atoms. The van der Waals surface area contributed by atoms with Crippen molar-refractivity contribution in [3.05, 3.63) is 48.5 Å². The largest absolute Gasteiger partial charge is 0.494 e. The summed E-state index contributed by atoms with van der Waals surface area (Å²) in [5.41, 5.74) is 2.74. The fourth-order valence-corrected chi connectivity index (χ4v) is 2.81. The van der Waals surface area contributed by atoms with Crippen LogP contribution < -0.4 is 10.2 Å². The Labute approximate surface area is 151 Å². The molecular formula is C21H27BO3. The van der Waals surface area contributed by atoms with Gasteiger partial charge in [-0.2, -0.15) is 0 Å². The van der Waals surface area contributed by atoms with Crippen LogP contribution in [0.3, 0.4) is 0 Å². The van der Waals surface area contributed by atoms with Gasteiger partial charge in [0, 0.05) is 0 Å². The fraction of sp³-hybridized carbons (Fsp3) is 0.429. The normalized spacial score (nSPS) is 18.6. The Hall–Kier alpha value is -1.78. The summed E-state index contributed by atoms with van der Waals surface area (Å²) in [7, 11) is -0.319. The van der Waals surface area contributed by atoms with E-state index < -0.39 is 0 Å². The highest BCUT2D eigenvalue weighted by Gasteiger charge is 2.51. The summed E-state index contributed by atoms with van der Waals surface area (Å²) in [4.78, 5) is 0. The second-order valence-electron chi connectivity index (χ2n) is 7.90. The molecule has 0 unspecified atom stereocenters. The second-order valence-corrected chi connectivity index (χ2v) is 7.90. The maximum Gasteiger partial charge on any atom is 0.494 e. The van der Waals surface area contributed by atoms with Crippen molar-refractivity contribution in [1.29, 1.82) is 0 Å². The van der Waals surface area contributed by atoms with Crippen molar-refractivity contribution in [2.75, 3.05) is 0 Å². The van der Waals surface area contributed by atoms with Gasteiger partial charge in [-0.3, -0.25) is 0 Å². The molecular weight excluding hydrogens is 311 g/mol. The first-order valence-electron chi connectivity index (χ1n) is 8.91. The Morgan fingerprint density at radius 3 is 1.64 bits per heavy atom. The summed E-state index contributed by atoms with van der Waals surface area (Å²) in [5, 5.41) is 0. The molecule has 25 heavy (non-hydrogen) atoms. The van der Waals surface area contributed by atoms with Gasteiger partial charge in [0.15, 0.2) is 0 Å². The van der Waals surface area contributed by atoms with E-state index in [2.05, 4.69) is 64.1 Å². The Bertz CT molecular complexity index is 702. The summed E-state index contributed by atoms with van der Waals surface area (Å²) in [5.74, 6) is 0.896. The molecule has 2 aromatic rings. The molecule has 0 aromatic heterocycles. The van der Waals surface area contributed by atoms with Gasteiger partial charge in [0.2, 0.25) is 0 Å². The molecule has 132 valence electrons. The topological polar surface area (TPSA) is 27.7 Å². The fourth-order valence-electron chi connectivity index (χ4n) is 2.81. The van der Waals surface area contributed by atoms with Gasteiger partial charge in [0.05, 0.1) is 17.3 Å². The molecule has 3 rings (SSSR count). The summed E-state index contributed by atoms with van der Waals surface area (Å²) >= 11 is 0. The molecule has 0 saturated carbocycles. The minimum atomic E-state index is -0.319. The molecule has 0 N–H and O–H groups in total. The van der Waals surface area contributed by atoms with Gasteiger partial charge in [-0.15, -0.1) is 0 Å². The number of hydrogen-bond donors (Lipinski definition) is 0. The van der Waals surface area contributed by atoms with Crippen molar-refractivity contribution < 1.29 is 14.0 Å². The first-order valence-corrected chi connectivity index (χ1v) is 8.91. The number of benzene rings is 2. The van der Waals surface area contributed by atoms with Crippen LogP contribution in [-0.2, 0) is 9.31 Å². The molecule has 0 bridgehead atoms. The lowest BCUT2D eigenvalue weighted by molar-refractivity contribution is 0.00578. The maximum absolute atomic E-state index is 6.11. The van der Waals surface area contributed by atoms with Crippen molar-refractivity contribution in [3.8, 4) is 16.9 Å². The molecule has 4 heteroatoms. The van der Waals surface area contributed by atoms with Crippen molar-refractivity contribution in [3.63, 3.8) is 0 Å². The Kier molecular flexibility index (Phi) is 4.69. The first kappa shape index (κ1) is 18.0. The summed E-state index contributed by atoms with van der Waals surface area (Å²) in [6, 6.07) is 16.6. The van der Waals surface area contributed by atoms with Crippen LogP contribution in [0.5, 0.6) is 5.75 Å². The van der Waals surface area contributed by atoms with Crippen LogP contribution in [0, 0.1) is 0 Å². The highest BCUT2D eigenvalue weighted by molar-refractivity contribution is 6.62. The van der Waals surface area contributed by atoms with Crippen LogP contribution >= 0.6 is 0 Å². The standard InChI is InChI=1S/C21H27BO3/c1-15(2)23-19-13-9-17(10-14-19)16-7-11-18(12-8-16)22-24-20(3,4)21(5,6)25-22/h7-15H,1-6H3. The molecule has 0 aliphatic carbocycles. The van der Waals surface area contributed by atoms with Gasteiger partial charge < -0.3 is 14.0 Å². The zero-order valence-corrected chi connectivity index (χ0v) is 16.0. The third kappa shape index (κ3) is 3.75. The molecule has 3 nitrogen and oxygen atoms in total. The molecule has 0 amide bonds. The molecule has 1 fully saturated rings. The zero-order chi connectivity index (χ0) is 18.2. The smallest absolute Gasteiger partial charge is 0.491 e. The Balaban J connectivity index is 1.75. The maximum atomic E-state index is 6.11. The molecule has 2 aromatic carbocycles. The van der Waals surface area contributed by atoms with Gasteiger partial charge in [0.25, 0.3) is 0 Å². The predicted molar refractivity (Wildman–Crippen MR) is 103 cm³/mol. The monoisotopic (exact) mass is 338 g/mol. The van der Waals surface area contributed by atoms with E-state index in [1.54, 1.807) is 0 Å². The minimum Gasteiger partial charge on any atom is -0.491 e. The second kappa shape index (κ2) is 6.51. The molecule has 0 radical (unpaired) electrons. The van der Waals surface area contributed by atoms with Crippen molar-refractivity contribution in [2.45, 2.75) is 58.8 Å². The summed E-state index contributed by atoms with van der Waals surface area (Å²) in [6.45, 7) is 12.3. The van der Waals surface area contributed by atoms with Crippen LogP contribution in [0.4, 0.5) is 0 Å². The van der Waals surface area contributed by atoms with Gasteiger partial charge >= 0.3 is 7.12 Å². The average Bonchev–Trinajstić information content (AvgIpc) is 2.76. The summed E-state index contributed by atoms with van der Waals surface area (Å²) in [6.07, 6.45) is 0.185. The van der Waals surface area contributed by atoms with E-state index in [-0.39, 0.29) is 24.4 Å². The SMILES string of the molecule is CC(C)Oc1ccc(-c2ccc(B3OC(C)(C)C(C)(C)O3)cc2)cc1. The highest BCUT2D eigenvalue weighted by atomic mass is 16.7. The Morgan fingerprint density at radius 1 is 0.760 bits per heavy atom. The third-order valence-electron chi connectivity index (χ3n) is 5.00. The molecule has 1 heterocycles. The van der Waals surface area contributed by atoms with Crippen molar-refractivity contribution in [1.82, 2.24) is 0 Å². The van der Waals surface area contributed by atoms with Crippen LogP contribution in [0.15, 0.2) is 48.5 Å². The minimum absolute atomic E-state index is 0.185. The lowest BCUT2D eigenvalue weighted by Gasteiger charge is -2.32. The first-order chi connectivity index (χ1) is 11.7. The molecule has 1 aliphatic heterocycles. The van der Waals surface area contributed by atoms with E-state index in [1.165, 1.54) is 0 Å². The highest BCUT2D eigenvalue weighted by Crippen LogP contribution is 2.36. The molecule has 1 saturated heterocycles. The van der Waals surface area contributed by atoms with Crippen LogP contribution in [0.1, 0.15) is 41.5 Å². The van der Waals surface area contributed by atoms with E-state index in [9.17, 15) is 0 Å².